The van der Waals surface area contributed by atoms with Gasteiger partial charge in [0, 0.05) is 35.8 Å². The predicted octanol–water partition coefficient (Wildman–Crippen LogP) is 6.99. The number of oxazole rings is 1. The van der Waals surface area contributed by atoms with Gasteiger partial charge in [0.15, 0.2) is 0 Å². The molecule has 41 heavy (non-hydrogen) atoms. The third-order valence-electron chi connectivity index (χ3n) is 6.56. The van der Waals surface area contributed by atoms with Crippen molar-refractivity contribution in [1.82, 2.24) is 15.0 Å². The van der Waals surface area contributed by atoms with Crippen LogP contribution in [0.3, 0.4) is 0 Å². The highest BCUT2D eigenvalue weighted by molar-refractivity contribution is 7.92. The molecule has 0 unspecified atom stereocenters. The van der Waals surface area contributed by atoms with E-state index in [9.17, 15) is 13.2 Å². The standard InChI is InChI=1S/C29H24Cl2N4O5S/c1-17-18(2)33-40-27(17)34-41(37,38)26-7-5-4-6-23(26)22-10-8-19(28-32-12-13-39-28)14-21(22)16-35(3)29(36)20-9-11-24(30)25(31)15-20/h4-15,34H,16H2,1-3H3. The zero-order valence-corrected chi connectivity index (χ0v) is 24.5. The largest absolute Gasteiger partial charge is 0.445 e. The zero-order chi connectivity index (χ0) is 29.3. The average Bonchev–Trinajstić information content (AvgIpc) is 3.60. The van der Waals surface area contributed by atoms with Gasteiger partial charge in [0.2, 0.25) is 11.8 Å². The fraction of sp³-hybridized carbons (Fsp3) is 0.138. The first kappa shape index (κ1) is 28.4. The van der Waals surface area contributed by atoms with E-state index in [1.54, 1.807) is 63.4 Å². The molecule has 0 saturated heterocycles. The Morgan fingerprint density at radius 1 is 1.00 bits per heavy atom. The number of hydrogen-bond acceptors (Lipinski definition) is 7. The molecule has 2 heterocycles. The fourth-order valence-corrected chi connectivity index (χ4v) is 5.84. The van der Waals surface area contributed by atoms with E-state index in [4.69, 9.17) is 32.1 Å². The maximum absolute atomic E-state index is 13.6. The van der Waals surface area contributed by atoms with Crippen molar-refractivity contribution in [3.05, 3.63) is 106 Å². The number of nitrogens with one attached hydrogen (secondary N) is 1. The van der Waals surface area contributed by atoms with E-state index >= 15 is 0 Å². The minimum atomic E-state index is -4.09. The van der Waals surface area contributed by atoms with E-state index in [0.717, 1.165) is 0 Å². The number of nitrogens with zero attached hydrogens (tertiary/aromatic N) is 3. The summed E-state index contributed by atoms with van der Waals surface area (Å²) in [5, 5.41) is 4.44. The van der Waals surface area contributed by atoms with Crippen LogP contribution in [0, 0.1) is 13.8 Å². The Labute approximate surface area is 246 Å². The van der Waals surface area contributed by atoms with E-state index in [1.807, 2.05) is 6.07 Å². The van der Waals surface area contributed by atoms with Crippen LogP contribution < -0.4 is 4.72 Å². The van der Waals surface area contributed by atoms with Crippen LogP contribution in [0.4, 0.5) is 5.88 Å². The lowest BCUT2D eigenvalue weighted by Gasteiger charge is -2.21. The molecule has 1 amide bonds. The summed E-state index contributed by atoms with van der Waals surface area (Å²) in [5.41, 5.74) is 3.87. The molecule has 0 spiro atoms. The monoisotopic (exact) mass is 610 g/mol. The Kier molecular flexibility index (Phi) is 7.90. The van der Waals surface area contributed by atoms with Crippen molar-refractivity contribution in [1.29, 1.82) is 0 Å². The Balaban J connectivity index is 1.57. The number of amides is 1. The number of hydrogen-bond donors (Lipinski definition) is 1. The van der Waals surface area contributed by atoms with E-state index in [1.165, 1.54) is 29.5 Å². The number of carbonyl (C=O) groups is 1. The Morgan fingerprint density at radius 2 is 1.78 bits per heavy atom. The van der Waals surface area contributed by atoms with Gasteiger partial charge in [-0.15, -0.1) is 0 Å². The fourth-order valence-electron chi connectivity index (χ4n) is 4.27. The third kappa shape index (κ3) is 5.85. The van der Waals surface area contributed by atoms with E-state index in [2.05, 4.69) is 14.9 Å². The molecule has 0 fully saturated rings. The molecule has 0 saturated carbocycles. The molecule has 3 aromatic carbocycles. The van der Waals surface area contributed by atoms with Gasteiger partial charge < -0.3 is 13.8 Å². The number of benzene rings is 3. The van der Waals surface area contributed by atoms with Crippen LogP contribution >= 0.6 is 23.2 Å². The minimum Gasteiger partial charge on any atom is -0.445 e. The first-order valence-electron chi connectivity index (χ1n) is 12.3. The van der Waals surface area contributed by atoms with Crippen LogP contribution in [0.5, 0.6) is 0 Å². The van der Waals surface area contributed by atoms with Crippen LogP contribution in [0.15, 0.2) is 87.0 Å². The van der Waals surface area contributed by atoms with Crippen molar-refractivity contribution in [3.63, 3.8) is 0 Å². The topological polar surface area (TPSA) is 119 Å². The van der Waals surface area contributed by atoms with Gasteiger partial charge in [0.1, 0.15) is 6.26 Å². The molecule has 5 rings (SSSR count). The summed E-state index contributed by atoms with van der Waals surface area (Å²) in [5.74, 6) is 0.133. The van der Waals surface area contributed by atoms with Crippen LogP contribution in [-0.4, -0.2) is 36.4 Å². The lowest BCUT2D eigenvalue weighted by molar-refractivity contribution is 0.0785. The van der Waals surface area contributed by atoms with Gasteiger partial charge in [0.25, 0.3) is 15.9 Å². The summed E-state index contributed by atoms with van der Waals surface area (Å²) in [4.78, 5) is 19.1. The molecule has 2 aromatic heterocycles. The summed E-state index contributed by atoms with van der Waals surface area (Å²) in [7, 11) is -2.45. The number of carbonyl (C=O) groups excluding carboxylic acids is 1. The highest BCUT2D eigenvalue weighted by atomic mass is 35.5. The molecular formula is C29H24Cl2N4O5S. The van der Waals surface area contributed by atoms with Gasteiger partial charge in [-0.3, -0.25) is 4.79 Å². The minimum absolute atomic E-state index is 0.0250. The first-order chi connectivity index (χ1) is 19.5. The molecule has 210 valence electrons. The number of halogens is 2. The van der Waals surface area contributed by atoms with Crippen LogP contribution in [0.1, 0.15) is 27.2 Å². The second-order valence-corrected chi connectivity index (χ2v) is 11.8. The number of aromatic nitrogens is 2. The summed E-state index contributed by atoms with van der Waals surface area (Å²) >= 11 is 12.2. The summed E-state index contributed by atoms with van der Waals surface area (Å²) in [6.45, 7) is 3.57. The van der Waals surface area contributed by atoms with E-state index in [-0.39, 0.29) is 28.3 Å². The maximum atomic E-state index is 13.6. The van der Waals surface area contributed by atoms with Crippen molar-refractivity contribution in [2.45, 2.75) is 25.3 Å². The van der Waals surface area contributed by atoms with Gasteiger partial charge in [-0.2, -0.15) is 0 Å². The van der Waals surface area contributed by atoms with Crippen LogP contribution in [0.2, 0.25) is 10.0 Å². The zero-order valence-electron chi connectivity index (χ0n) is 22.2. The molecule has 0 aliphatic rings. The molecule has 0 radical (unpaired) electrons. The van der Waals surface area contributed by atoms with E-state index < -0.39 is 10.0 Å². The predicted molar refractivity (Wildman–Crippen MR) is 156 cm³/mol. The average molecular weight is 612 g/mol. The quantitative estimate of drug-likeness (QED) is 0.201. The van der Waals surface area contributed by atoms with Gasteiger partial charge in [-0.25, -0.2) is 18.1 Å². The van der Waals surface area contributed by atoms with Gasteiger partial charge in [-0.05, 0) is 61.4 Å². The van der Waals surface area contributed by atoms with Gasteiger partial charge in [-0.1, -0.05) is 52.6 Å². The molecular weight excluding hydrogens is 587 g/mol. The molecule has 0 aliphatic heterocycles. The second kappa shape index (κ2) is 11.4. The van der Waals surface area contributed by atoms with E-state index in [0.29, 0.717) is 50.0 Å². The van der Waals surface area contributed by atoms with Crippen molar-refractivity contribution in [3.8, 4) is 22.6 Å². The molecule has 12 heteroatoms. The molecule has 1 N–H and O–H groups in total. The lowest BCUT2D eigenvalue weighted by atomic mass is 9.96. The number of aryl methyl sites for hydroxylation is 1. The Hall–Kier alpha value is -4.12. The lowest BCUT2D eigenvalue weighted by Crippen LogP contribution is -2.26. The molecule has 0 bridgehead atoms. The van der Waals surface area contributed by atoms with Crippen molar-refractivity contribution < 1.29 is 22.2 Å². The van der Waals surface area contributed by atoms with Crippen molar-refractivity contribution in [2.75, 3.05) is 11.8 Å². The SMILES string of the molecule is Cc1noc(NS(=O)(=O)c2ccccc2-c2ccc(-c3ncco3)cc2CN(C)C(=O)c2ccc(Cl)c(Cl)c2)c1C. The normalized spacial score (nSPS) is 11.4. The van der Waals surface area contributed by atoms with Crippen LogP contribution in [-0.2, 0) is 16.6 Å². The Morgan fingerprint density at radius 3 is 2.46 bits per heavy atom. The highest BCUT2D eigenvalue weighted by Gasteiger charge is 2.25. The molecule has 9 nitrogen and oxygen atoms in total. The summed E-state index contributed by atoms with van der Waals surface area (Å²) in [6.07, 6.45) is 2.99. The number of rotatable bonds is 8. The Bertz CT molecular complexity index is 1850. The maximum Gasteiger partial charge on any atom is 0.264 e. The molecule has 5 aromatic rings. The van der Waals surface area contributed by atoms with Crippen LogP contribution in [0.25, 0.3) is 22.6 Å². The van der Waals surface area contributed by atoms with Gasteiger partial charge in [0.05, 0.1) is 26.8 Å². The van der Waals surface area contributed by atoms with Crippen molar-refractivity contribution >= 4 is 45.0 Å². The summed E-state index contributed by atoms with van der Waals surface area (Å²) < 4.78 is 40.4. The number of sulfonamides is 1. The number of anilines is 1. The summed E-state index contributed by atoms with van der Waals surface area (Å²) in [6, 6.07) is 16.6. The molecule has 0 atom stereocenters. The second-order valence-electron chi connectivity index (χ2n) is 9.32. The van der Waals surface area contributed by atoms with Crippen molar-refractivity contribution in [2.24, 2.45) is 0 Å². The van der Waals surface area contributed by atoms with Gasteiger partial charge >= 0.3 is 0 Å². The smallest absolute Gasteiger partial charge is 0.264 e. The molecule has 0 aliphatic carbocycles. The first-order valence-corrected chi connectivity index (χ1v) is 14.6. The highest BCUT2D eigenvalue weighted by Crippen LogP contribution is 2.35. The third-order valence-corrected chi connectivity index (χ3v) is 8.68.